The Morgan fingerprint density at radius 2 is 2.00 bits per heavy atom. The van der Waals surface area contributed by atoms with Crippen molar-refractivity contribution in [3.63, 3.8) is 0 Å². The van der Waals surface area contributed by atoms with Crippen LogP contribution >= 0.6 is 0 Å². The van der Waals surface area contributed by atoms with Gasteiger partial charge >= 0.3 is 40.7 Å². The summed E-state index contributed by atoms with van der Waals surface area (Å²) in [6.07, 6.45) is 1.38. The van der Waals surface area contributed by atoms with Crippen molar-refractivity contribution in [2.75, 3.05) is 0 Å². The topological polar surface area (TPSA) is 0 Å². The van der Waals surface area contributed by atoms with Crippen LogP contribution in [0.3, 0.4) is 0 Å². The average molecular weight is 167 g/mol. The zero-order chi connectivity index (χ0) is 3.41. The van der Waals surface area contributed by atoms with Crippen LogP contribution in [0.5, 0.6) is 0 Å². The second-order valence-corrected chi connectivity index (χ2v) is 2.44. The van der Waals surface area contributed by atoms with Crippen LogP contribution in [0.1, 0.15) is 13.3 Å². The molecule has 0 nitrogen and oxygen atoms in total. The van der Waals surface area contributed by atoms with Gasteiger partial charge in [0.1, 0.15) is 0 Å². The SMILES string of the molecule is CC[CH2][SbH2]. The van der Waals surface area contributed by atoms with Crippen LogP contribution in [0.15, 0.2) is 0 Å². The van der Waals surface area contributed by atoms with E-state index in [2.05, 4.69) is 6.92 Å². The van der Waals surface area contributed by atoms with Crippen molar-refractivity contribution >= 4 is 23.0 Å². The third-order valence-electron chi connectivity index (χ3n) is 0.289. The molecule has 0 fully saturated rings. The van der Waals surface area contributed by atoms with Gasteiger partial charge in [-0.25, -0.2) is 0 Å². The Hall–Kier alpha value is 0.818. The van der Waals surface area contributed by atoms with Crippen molar-refractivity contribution in [2.24, 2.45) is 0 Å². The molecule has 0 atom stereocenters. The van der Waals surface area contributed by atoms with Crippen molar-refractivity contribution in [1.29, 1.82) is 0 Å². The quantitative estimate of drug-likeness (QED) is 0.497. The third kappa shape index (κ3) is 2.82. The summed E-state index contributed by atoms with van der Waals surface area (Å²) in [5.41, 5.74) is 0. The molecule has 0 heterocycles. The zero-order valence-corrected chi connectivity index (χ0v) is 6.29. The second kappa shape index (κ2) is 3.82. The first-order chi connectivity index (χ1) is 1.91. The summed E-state index contributed by atoms with van der Waals surface area (Å²) in [4.78, 5) is 0. The fraction of sp³-hybridized carbons (Fsp3) is 1.00. The van der Waals surface area contributed by atoms with Crippen molar-refractivity contribution in [3.05, 3.63) is 0 Å². The van der Waals surface area contributed by atoms with Gasteiger partial charge in [0.15, 0.2) is 0 Å². The van der Waals surface area contributed by atoms with E-state index in [-0.39, 0.29) is 0 Å². The fourth-order valence-electron chi connectivity index (χ4n) is 0. The Morgan fingerprint density at radius 1 is 1.75 bits per heavy atom. The number of hydrogen-bond acceptors (Lipinski definition) is 0. The van der Waals surface area contributed by atoms with E-state index in [0.29, 0.717) is 0 Å². The van der Waals surface area contributed by atoms with Crippen molar-refractivity contribution in [1.82, 2.24) is 0 Å². The molecule has 0 aliphatic heterocycles. The Balaban J connectivity index is 1.97. The molecule has 0 bridgehead atoms. The summed E-state index contributed by atoms with van der Waals surface area (Å²) in [5.74, 6) is 0. The minimum absolute atomic E-state index is 1.38. The van der Waals surface area contributed by atoms with E-state index < -0.39 is 0 Å². The molecule has 0 amide bonds. The number of rotatable bonds is 1. The monoisotopic (exact) mass is 166 g/mol. The summed E-state index contributed by atoms with van der Waals surface area (Å²) < 4.78 is 1.45. The molecule has 4 heavy (non-hydrogen) atoms. The maximum absolute atomic E-state index is 2.21. The zero-order valence-electron chi connectivity index (χ0n) is 2.99. The van der Waals surface area contributed by atoms with Gasteiger partial charge in [0.05, 0.1) is 0 Å². The molecule has 0 radical (unpaired) electrons. The van der Waals surface area contributed by atoms with Crippen LogP contribution in [-0.2, 0) is 0 Å². The van der Waals surface area contributed by atoms with Crippen molar-refractivity contribution in [2.45, 2.75) is 17.7 Å². The predicted octanol–water partition coefficient (Wildman–Crippen LogP) is 0.448. The average Bonchev–Trinajstić information content (AvgIpc) is 1.37. The van der Waals surface area contributed by atoms with Gasteiger partial charge in [-0.3, -0.25) is 0 Å². The summed E-state index contributed by atoms with van der Waals surface area (Å²) >= 11 is 1.44. The molecule has 0 N–H and O–H groups in total. The third-order valence-corrected chi connectivity index (χ3v) is 1.94. The molecule has 0 aliphatic rings. The van der Waals surface area contributed by atoms with E-state index in [0.717, 1.165) is 0 Å². The normalized spacial score (nSPS) is 7.50. The Bertz CT molecular complexity index is 5.25. The van der Waals surface area contributed by atoms with Gasteiger partial charge in [0.2, 0.25) is 0 Å². The molecule has 26 valence electrons. The van der Waals surface area contributed by atoms with E-state index >= 15 is 0 Å². The Morgan fingerprint density at radius 3 is 2.00 bits per heavy atom. The molecule has 0 aromatic rings. The first kappa shape index (κ1) is 4.82. The molecule has 0 aromatic carbocycles. The van der Waals surface area contributed by atoms with Crippen LogP contribution in [0.2, 0.25) is 4.37 Å². The van der Waals surface area contributed by atoms with Gasteiger partial charge in [-0.1, -0.05) is 0 Å². The summed E-state index contributed by atoms with van der Waals surface area (Å²) in [6.45, 7) is 2.21. The summed E-state index contributed by atoms with van der Waals surface area (Å²) in [7, 11) is 0. The van der Waals surface area contributed by atoms with E-state index in [4.69, 9.17) is 0 Å². The van der Waals surface area contributed by atoms with Crippen LogP contribution in [0.25, 0.3) is 0 Å². The predicted molar refractivity (Wildman–Crippen MR) is 23.6 cm³/mol. The van der Waals surface area contributed by atoms with Gasteiger partial charge in [-0.2, -0.15) is 0 Å². The molecule has 1 heteroatoms. The van der Waals surface area contributed by atoms with Crippen LogP contribution in [0.4, 0.5) is 0 Å². The molecule has 0 unspecified atom stereocenters. The molecule has 0 aliphatic carbocycles. The molecule has 0 saturated carbocycles. The molecular formula is C3H9Sb. The van der Waals surface area contributed by atoms with Crippen LogP contribution in [-0.4, -0.2) is 23.0 Å². The van der Waals surface area contributed by atoms with Gasteiger partial charge in [-0.15, -0.1) is 0 Å². The minimum atomic E-state index is 1.38. The first-order valence-corrected chi connectivity index (χ1v) is 3.95. The van der Waals surface area contributed by atoms with Crippen LogP contribution in [0, 0.1) is 0 Å². The molecule has 0 aromatic heterocycles. The van der Waals surface area contributed by atoms with Crippen molar-refractivity contribution in [3.8, 4) is 0 Å². The van der Waals surface area contributed by atoms with Gasteiger partial charge in [0.25, 0.3) is 0 Å². The van der Waals surface area contributed by atoms with E-state index in [1.54, 1.807) is 0 Å². The molecule has 0 spiro atoms. The first-order valence-electron chi connectivity index (χ1n) is 1.62. The Kier molecular flexibility index (Phi) is 4.60. The maximum atomic E-state index is 2.21. The molecule has 0 rings (SSSR count). The Labute approximate surface area is 41.1 Å². The summed E-state index contributed by atoms with van der Waals surface area (Å²) in [6, 6.07) is 0. The van der Waals surface area contributed by atoms with Gasteiger partial charge < -0.3 is 0 Å². The number of hydrogen-bond donors (Lipinski definition) is 0. The molecule has 0 saturated heterocycles. The summed E-state index contributed by atoms with van der Waals surface area (Å²) in [5, 5.41) is 0. The van der Waals surface area contributed by atoms with Gasteiger partial charge in [0, 0.05) is 0 Å². The van der Waals surface area contributed by atoms with E-state index in [1.807, 2.05) is 0 Å². The standard InChI is InChI=1S/C3H7.Sb.2H/c1-3-2;;;/h1,3H2,2H3;;;. The fourth-order valence-corrected chi connectivity index (χ4v) is 0. The van der Waals surface area contributed by atoms with Crippen molar-refractivity contribution < 1.29 is 0 Å². The van der Waals surface area contributed by atoms with E-state index in [9.17, 15) is 0 Å². The van der Waals surface area contributed by atoms with E-state index in [1.165, 1.54) is 33.8 Å². The van der Waals surface area contributed by atoms with Crippen LogP contribution < -0.4 is 0 Å². The van der Waals surface area contributed by atoms with Gasteiger partial charge in [-0.05, 0) is 0 Å². The molecular weight excluding hydrogens is 158 g/mol. The second-order valence-electron chi connectivity index (χ2n) is 0.789.